The Balaban J connectivity index is 1.90. The zero-order valence-corrected chi connectivity index (χ0v) is 15.3. The highest BCUT2D eigenvalue weighted by Crippen LogP contribution is 2.27. The van der Waals surface area contributed by atoms with Gasteiger partial charge in [-0.25, -0.2) is 9.78 Å². The van der Waals surface area contributed by atoms with E-state index in [-0.39, 0.29) is 5.97 Å². The number of hydrogen-bond acceptors (Lipinski definition) is 3. The molecule has 2 aromatic heterocycles. The molecule has 134 valence electrons. The molecule has 0 aliphatic carbocycles. The van der Waals surface area contributed by atoms with Gasteiger partial charge in [0.25, 0.3) is 0 Å². The zero-order valence-electron chi connectivity index (χ0n) is 15.3. The topological polar surface area (TPSA) is 43.6 Å². The molecule has 2 aromatic carbocycles. The monoisotopic (exact) mass is 356 g/mol. The van der Waals surface area contributed by atoms with Gasteiger partial charge >= 0.3 is 5.97 Å². The van der Waals surface area contributed by atoms with Gasteiger partial charge in [-0.1, -0.05) is 60.2 Å². The number of esters is 1. The molecule has 0 aliphatic rings. The minimum absolute atomic E-state index is 0.354. The van der Waals surface area contributed by atoms with Gasteiger partial charge in [0.1, 0.15) is 5.65 Å². The summed E-state index contributed by atoms with van der Waals surface area (Å²) in [6, 6.07) is 22.2. The number of aromatic nitrogens is 2. The first kappa shape index (κ1) is 17.0. The number of ether oxygens (including phenoxy) is 1. The van der Waals surface area contributed by atoms with E-state index in [1.54, 1.807) is 6.07 Å². The van der Waals surface area contributed by atoms with Crippen molar-refractivity contribution in [3.05, 3.63) is 95.3 Å². The van der Waals surface area contributed by atoms with E-state index >= 15 is 0 Å². The number of pyridine rings is 1. The Kier molecular flexibility index (Phi) is 4.47. The van der Waals surface area contributed by atoms with Crippen molar-refractivity contribution in [1.29, 1.82) is 0 Å². The summed E-state index contributed by atoms with van der Waals surface area (Å²) in [5.41, 5.74) is 6.78. The molecule has 0 aliphatic heterocycles. The number of imidazole rings is 1. The molecule has 0 radical (unpaired) electrons. The second kappa shape index (κ2) is 7.08. The SMILES string of the molecule is COC(=O)c1ccc2nc(-c3ccccc3)c(Cc3ccc(C)cc3)n2c1. The Bertz CT molecular complexity index is 1100. The lowest BCUT2D eigenvalue weighted by Gasteiger charge is -2.07. The fourth-order valence-corrected chi connectivity index (χ4v) is 3.23. The lowest BCUT2D eigenvalue weighted by Crippen LogP contribution is -2.04. The molecular formula is C23H20N2O2. The largest absolute Gasteiger partial charge is 0.465 e. The second-order valence-corrected chi connectivity index (χ2v) is 6.57. The van der Waals surface area contributed by atoms with E-state index in [0.717, 1.165) is 29.0 Å². The molecular weight excluding hydrogens is 336 g/mol. The van der Waals surface area contributed by atoms with Crippen LogP contribution in [0, 0.1) is 6.92 Å². The molecule has 0 atom stereocenters. The molecule has 0 unspecified atom stereocenters. The summed E-state index contributed by atoms with van der Waals surface area (Å²) in [7, 11) is 1.39. The van der Waals surface area contributed by atoms with Gasteiger partial charge in [0, 0.05) is 18.2 Å². The van der Waals surface area contributed by atoms with E-state index in [9.17, 15) is 4.79 Å². The number of aryl methyl sites for hydroxylation is 1. The number of carbonyl (C=O) groups excluding carboxylic acids is 1. The molecule has 4 heteroatoms. The highest BCUT2D eigenvalue weighted by atomic mass is 16.5. The lowest BCUT2D eigenvalue weighted by atomic mass is 10.0. The van der Waals surface area contributed by atoms with Gasteiger partial charge in [0.15, 0.2) is 0 Å². The maximum absolute atomic E-state index is 12.0. The Morgan fingerprint density at radius 1 is 1.00 bits per heavy atom. The average molecular weight is 356 g/mol. The van der Waals surface area contributed by atoms with Crippen LogP contribution in [0.1, 0.15) is 27.2 Å². The van der Waals surface area contributed by atoms with Crippen molar-refractivity contribution in [2.75, 3.05) is 7.11 Å². The molecule has 4 aromatic rings. The van der Waals surface area contributed by atoms with Gasteiger partial charge in [0.05, 0.1) is 24.1 Å². The second-order valence-electron chi connectivity index (χ2n) is 6.57. The van der Waals surface area contributed by atoms with Crippen LogP contribution in [0.4, 0.5) is 0 Å². The van der Waals surface area contributed by atoms with Gasteiger partial charge in [-0.2, -0.15) is 0 Å². The first-order valence-electron chi connectivity index (χ1n) is 8.86. The number of carbonyl (C=O) groups is 1. The minimum atomic E-state index is -0.354. The van der Waals surface area contributed by atoms with E-state index in [0.29, 0.717) is 5.56 Å². The predicted molar refractivity (Wildman–Crippen MR) is 106 cm³/mol. The molecule has 0 spiro atoms. The van der Waals surface area contributed by atoms with Crippen LogP contribution in [0.3, 0.4) is 0 Å². The Morgan fingerprint density at radius 2 is 1.74 bits per heavy atom. The summed E-state index contributed by atoms with van der Waals surface area (Å²) < 4.78 is 6.87. The molecule has 4 nitrogen and oxygen atoms in total. The van der Waals surface area contributed by atoms with Crippen LogP contribution < -0.4 is 0 Å². The van der Waals surface area contributed by atoms with Crippen molar-refractivity contribution in [2.45, 2.75) is 13.3 Å². The Hall–Kier alpha value is -3.40. The van der Waals surface area contributed by atoms with Gasteiger partial charge in [-0.05, 0) is 24.6 Å². The summed E-state index contributed by atoms with van der Waals surface area (Å²) in [4.78, 5) is 16.8. The van der Waals surface area contributed by atoms with Crippen molar-refractivity contribution in [3.63, 3.8) is 0 Å². The predicted octanol–water partition coefficient (Wildman–Crippen LogP) is 4.69. The molecule has 0 fully saturated rings. The smallest absolute Gasteiger partial charge is 0.339 e. The van der Waals surface area contributed by atoms with Crippen LogP contribution in [0.15, 0.2) is 72.9 Å². The number of nitrogens with zero attached hydrogens (tertiary/aromatic N) is 2. The quantitative estimate of drug-likeness (QED) is 0.498. The molecule has 2 heterocycles. The fourth-order valence-electron chi connectivity index (χ4n) is 3.23. The van der Waals surface area contributed by atoms with E-state index in [1.165, 1.54) is 18.2 Å². The molecule has 0 saturated carbocycles. The summed E-state index contributed by atoms with van der Waals surface area (Å²) in [5, 5.41) is 0. The van der Waals surface area contributed by atoms with Gasteiger partial charge in [0.2, 0.25) is 0 Å². The van der Waals surface area contributed by atoms with Crippen molar-refractivity contribution in [1.82, 2.24) is 9.38 Å². The van der Waals surface area contributed by atoms with Crippen LogP contribution in [0.2, 0.25) is 0 Å². The standard InChI is InChI=1S/C23H20N2O2/c1-16-8-10-17(11-9-16)14-20-22(18-6-4-3-5-7-18)24-21-13-12-19(15-25(20)21)23(26)27-2/h3-13,15H,14H2,1-2H3. The first-order chi connectivity index (χ1) is 13.2. The molecule has 0 bridgehead atoms. The van der Waals surface area contributed by atoms with Crippen LogP contribution in [-0.4, -0.2) is 22.5 Å². The van der Waals surface area contributed by atoms with Crippen LogP contribution >= 0.6 is 0 Å². The third-order valence-corrected chi connectivity index (χ3v) is 4.68. The highest BCUT2D eigenvalue weighted by Gasteiger charge is 2.16. The Morgan fingerprint density at radius 3 is 2.44 bits per heavy atom. The summed E-state index contributed by atoms with van der Waals surface area (Å²) in [6.07, 6.45) is 2.53. The van der Waals surface area contributed by atoms with E-state index < -0.39 is 0 Å². The summed E-state index contributed by atoms with van der Waals surface area (Å²) in [5.74, 6) is -0.354. The van der Waals surface area contributed by atoms with Gasteiger partial charge in [-0.3, -0.25) is 0 Å². The lowest BCUT2D eigenvalue weighted by molar-refractivity contribution is 0.0600. The number of benzene rings is 2. The highest BCUT2D eigenvalue weighted by molar-refractivity contribution is 5.89. The fraction of sp³-hybridized carbons (Fsp3) is 0.130. The van der Waals surface area contributed by atoms with Crippen LogP contribution in [0.25, 0.3) is 16.9 Å². The maximum atomic E-state index is 12.0. The first-order valence-corrected chi connectivity index (χ1v) is 8.86. The van der Waals surface area contributed by atoms with Gasteiger partial charge in [-0.15, -0.1) is 0 Å². The number of hydrogen-bond donors (Lipinski definition) is 0. The van der Waals surface area contributed by atoms with E-state index in [2.05, 4.69) is 43.3 Å². The number of methoxy groups -OCH3 is 1. The van der Waals surface area contributed by atoms with Crippen molar-refractivity contribution >= 4 is 11.6 Å². The molecule has 4 rings (SSSR count). The summed E-state index contributed by atoms with van der Waals surface area (Å²) >= 11 is 0. The molecule has 0 amide bonds. The third-order valence-electron chi connectivity index (χ3n) is 4.68. The van der Waals surface area contributed by atoms with Crippen molar-refractivity contribution in [2.24, 2.45) is 0 Å². The number of fused-ring (bicyclic) bond motifs is 1. The van der Waals surface area contributed by atoms with Crippen LogP contribution in [0.5, 0.6) is 0 Å². The normalized spacial score (nSPS) is 10.9. The molecule has 0 saturated heterocycles. The summed E-state index contributed by atoms with van der Waals surface area (Å²) in [6.45, 7) is 2.08. The van der Waals surface area contributed by atoms with Crippen molar-refractivity contribution < 1.29 is 9.53 Å². The van der Waals surface area contributed by atoms with Crippen LogP contribution in [-0.2, 0) is 11.2 Å². The molecule has 0 N–H and O–H groups in total. The zero-order chi connectivity index (χ0) is 18.8. The van der Waals surface area contributed by atoms with Gasteiger partial charge < -0.3 is 9.14 Å². The minimum Gasteiger partial charge on any atom is -0.465 e. The van der Waals surface area contributed by atoms with E-state index in [1.807, 2.05) is 34.9 Å². The maximum Gasteiger partial charge on any atom is 0.339 e. The Labute approximate surface area is 158 Å². The molecule has 27 heavy (non-hydrogen) atoms. The average Bonchev–Trinajstić information content (AvgIpc) is 3.07. The number of rotatable bonds is 4. The van der Waals surface area contributed by atoms with Crippen molar-refractivity contribution in [3.8, 4) is 11.3 Å². The third kappa shape index (κ3) is 3.34. The van der Waals surface area contributed by atoms with E-state index in [4.69, 9.17) is 9.72 Å².